The molecule has 0 N–H and O–H groups in total. The predicted molar refractivity (Wildman–Crippen MR) is 125 cm³/mol. The summed E-state index contributed by atoms with van der Waals surface area (Å²) >= 11 is 0. The Bertz CT molecular complexity index is 910. The molecule has 1 heterocycles. The number of ether oxygens (including phenoxy) is 1. The van der Waals surface area contributed by atoms with Crippen molar-refractivity contribution >= 4 is 0 Å². The van der Waals surface area contributed by atoms with Gasteiger partial charge in [-0.2, -0.15) is 8.78 Å². The summed E-state index contributed by atoms with van der Waals surface area (Å²) < 4.78 is 28.8. The number of benzene rings is 2. The molecule has 5 heteroatoms. The van der Waals surface area contributed by atoms with Crippen LogP contribution in [0.2, 0.25) is 0 Å². The molecule has 0 spiro atoms. The number of nitrogens with zero attached hydrogens (tertiary/aromatic N) is 2. The third kappa shape index (κ3) is 8.03. The minimum absolute atomic E-state index is 0.186. The van der Waals surface area contributed by atoms with Gasteiger partial charge >= 0.3 is 6.61 Å². The molecule has 1 aromatic heterocycles. The molecule has 0 aliphatic rings. The van der Waals surface area contributed by atoms with Crippen LogP contribution in [0.25, 0.3) is 11.4 Å². The highest BCUT2D eigenvalue weighted by Gasteiger charge is 2.05. The Labute approximate surface area is 189 Å². The van der Waals surface area contributed by atoms with E-state index in [4.69, 9.17) is 0 Å². The van der Waals surface area contributed by atoms with E-state index >= 15 is 0 Å². The molecule has 0 aliphatic heterocycles. The first-order valence-electron chi connectivity index (χ1n) is 11.6. The number of unbranched alkanes of at least 4 members (excludes halogenated alkanes) is 5. The van der Waals surface area contributed by atoms with E-state index in [1.54, 1.807) is 12.1 Å². The van der Waals surface area contributed by atoms with Gasteiger partial charge in [-0.3, -0.25) is 0 Å². The van der Waals surface area contributed by atoms with Crippen molar-refractivity contribution in [1.29, 1.82) is 0 Å². The second kappa shape index (κ2) is 12.9. The fourth-order valence-electron chi connectivity index (χ4n) is 3.69. The van der Waals surface area contributed by atoms with Crippen molar-refractivity contribution in [2.75, 3.05) is 0 Å². The monoisotopic (exact) mass is 438 g/mol. The van der Waals surface area contributed by atoms with Crippen LogP contribution in [0.1, 0.15) is 62.1 Å². The summed E-state index contributed by atoms with van der Waals surface area (Å²) in [5, 5.41) is 0. The number of aryl methyl sites for hydroxylation is 3. The van der Waals surface area contributed by atoms with E-state index in [1.165, 1.54) is 49.7 Å². The summed E-state index contributed by atoms with van der Waals surface area (Å²) in [5.74, 6) is 0.934. The molecule has 0 amide bonds. The van der Waals surface area contributed by atoms with E-state index in [9.17, 15) is 8.78 Å². The van der Waals surface area contributed by atoms with E-state index < -0.39 is 6.61 Å². The molecule has 0 saturated carbocycles. The standard InChI is InChI=1S/C27H32F2N2O/c1-2-3-4-5-6-7-8-23-19-30-26(31-20-23)24-15-11-21(12-16-24)9-10-22-13-17-25(18-14-22)32-27(28)29/h11-20,27H,2-10H2,1H3. The minimum Gasteiger partial charge on any atom is -0.435 e. The van der Waals surface area contributed by atoms with Crippen molar-refractivity contribution in [3.63, 3.8) is 0 Å². The van der Waals surface area contributed by atoms with Crippen LogP contribution in [-0.4, -0.2) is 16.6 Å². The van der Waals surface area contributed by atoms with Crippen molar-refractivity contribution in [3.05, 3.63) is 77.6 Å². The largest absolute Gasteiger partial charge is 0.435 e. The lowest BCUT2D eigenvalue weighted by molar-refractivity contribution is -0.0498. The first kappa shape index (κ1) is 23.8. The van der Waals surface area contributed by atoms with Gasteiger partial charge in [0.2, 0.25) is 0 Å². The van der Waals surface area contributed by atoms with Crippen molar-refractivity contribution < 1.29 is 13.5 Å². The van der Waals surface area contributed by atoms with Crippen LogP contribution >= 0.6 is 0 Å². The fraction of sp³-hybridized carbons (Fsp3) is 0.407. The van der Waals surface area contributed by atoms with Crippen LogP contribution in [0.4, 0.5) is 8.78 Å². The van der Waals surface area contributed by atoms with Crippen LogP contribution in [0.15, 0.2) is 60.9 Å². The third-order valence-electron chi connectivity index (χ3n) is 5.59. The van der Waals surface area contributed by atoms with Gasteiger partial charge < -0.3 is 4.74 Å². The molecule has 0 fully saturated rings. The Morgan fingerprint density at radius 2 is 1.25 bits per heavy atom. The van der Waals surface area contributed by atoms with Gasteiger partial charge in [-0.15, -0.1) is 0 Å². The number of alkyl halides is 2. The molecule has 0 saturated heterocycles. The normalized spacial score (nSPS) is 11.1. The zero-order valence-corrected chi connectivity index (χ0v) is 18.8. The van der Waals surface area contributed by atoms with Crippen LogP contribution in [0.3, 0.4) is 0 Å². The zero-order valence-electron chi connectivity index (χ0n) is 18.8. The Balaban J connectivity index is 1.45. The maximum Gasteiger partial charge on any atom is 0.387 e. The third-order valence-corrected chi connectivity index (χ3v) is 5.59. The molecule has 0 bridgehead atoms. The molecule has 32 heavy (non-hydrogen) atoms. The van der Waals surface area contributed by atoms with Crippen molar-refractivity contribution in [2.24, 2.45) is 0 Å². The van der Waals surface area contributed by atoms with Crippen LogP contribution in [0.5, 0.6) is 5.75 Å². The van der Waals surface area contributed by atoms with Gasteiger partial charge in [-0.05, 0) is 54.5 Å². The smallest absolute Gasteiger partial charge is 0.387 e. The van der Waals surface area contributed by atoms with Crippen LogP contribution in [0, 0.1) is 0 Å². The number of rotatable bonds is 13. The van der Waals surface area contributed by atoms with Gasteiger partial charge in [-0.25, -0.2) is 9.97 Å². The maximum absolute atomic E-state index is 12.2. The predicted octanol–water partition coefficient (Wildman–Crippen LogP) is 7.43. The Kier molecular flexibility index (Phi) is 9.60. The molecular formula is C27H32F2N2O. The zero-order chi connectivity index (χ0) is 22.6. The number of hydrogen-bond acceptors (Lipinski definition) is 3. The molecule has 3 nitrogen and oxygen atoms in total. The quantitative estimate of drug-likeness (QED) is 0.260. The summed E-state index contributed by atoms with van der Waals surface area (Å²) in [4.78, 5) is 9.11. The van der Waals surface area contributed by atoms with Crippen molar-refractivity contribution in [1.82, 2.24) is 9.97 Å². The molecule has 0 aliphatic carbocycles. The summed E-state index contributed by atoms with van der Waals surface area (Å²) in [6, 6.07) is 15.1. The highest BCUT2D eigenvalue weighted by Crippen LogP contribution is 2.19. The van der Waals surface area contributed by atoms with Crippen LogP contribution in [-0.2, 0) is 19.3 Å². The molecule has 2 aromatic carbocycles. The average molecular weight is 439 g/mol. The van der Waals surface area contributed by atoms with Crippen molar-refractivity contribution in [3.8, 4) is 17.1 Å². The van der Waals surface area contributed by atoms with E-state index in [1.807, 2.05) is 24.5 Å². The van der Waals surface area contributed by atoms with Crippen LogP contribution < -0.4 is 4.74 Å². The lowest BCUT2D eigenvalue weighted by atomic mass is 10.0. The lowest BCUT2D eigenvalue weighted by Gasteiger charge is -2.07. The van der Waals surface area contributed by atoms with Gasteiger partial charge in [0, 0.05) is 18.0 Å². The summed E-state index contributed by atoms with van der Waals surface area (Å²) in [7, 11) is 0. The molecule has 3 aromatic rings. The van der Waals surface area contributed by atoms with Gasteiger partial charge in [0.25, 0.3) is 0 Å². The summed E-state index contributed by atoms with van der Waals surface area (Å²) in [6.45, 7) is -0.551. The molecule has 170 valence electrons. The van der Waals surface area contributed by atoms with Gasteiger partial charge in [0.1, 0.15) is 5.75 Å². The molecule has 0 atom stereocenters. The Morgan fingerprint density at radius 3 is 1.84 bits per heavy atom. The number of hydrogen-bond donors (Lipinski definition) is 0. The second-order valence-electron chi connectivity index (χ2n) is 8.15. The molecule has 0 radical (unpaired) electrons. The SMILES string of the molecule is CCCCCCCCc1cnc(-c2ccc(CCc3ccc(OC(F)F)cc3)cc2)nc1. The molecule has 3 rings (SSSR count). The van der Waals surface area contributed by atoms with Gasteiger partial charge in [0.15, 0.2) is 5.82 Å². The van der Waals surface area contributed by atoms with E-state index in [0.29, 0.717) is 0 Å². The van der Waals surface area contributed by atoms with E-state index in [-0.39, 0.29) is 5.75 Å². The molecular weight excluding hydrogens is 406 g/mol. The second-order valence-corrected chi connectivity index (χ2v) is 8.15. The highest BCUT2D eigenvalue weighted by atomic mass is 19.3. The van der Waals surface area contributed by atoms with E-state index in [0.717, 1.165) is 36.2 Å². The first-order chi connectivity index (χ1) is 15.6. The number of halogens is 2. The topological polar surface area (TPSA) is 35.0 Å². The molecule has 0 unspecified atom stereocenters. The van der Waals surface area contributed by atoms with Gasteiger partial charge in [-0.1, -0.05) is 75.4 Å². The Morgan fingerprint density at radius 1 is 0.688 bits per heavy atom. The van der Waals surface area contributed by atoms with E-state index in [2.05, 4.69) is 45.9 Å². The average Bonchev–Trinajstić information content (AvgIpc) is 2.81. The van der Waals surface area contributed by atoms with Gasteiger partial charge in [0.05, 0.1) is 0 Å². The fourth-order valence-corrected chi connectivity index (χ4v) is 3.69. The number of aromatic nitrogens is 2. The summed E-state index contributed by atoms with van der Waals surface area (Å²) in [5.41, 5.74) is 4.50. The Hall–Kier alpha value is -2.82. The summed E-state index contributed by atoms with van der Waals surface area (Å²) in [6.07, 6.45) is 14.4. The lowest BCUT2D eigenvalue weighted by Crippen LogP contribution is -2.01. The van der Waals surface area contributed by atoms with Crippen molar-refractivity contribution in [2.45, 2.75) is 71.3 Å². The minimum atomic E-state index is -2.79. The maximum atomic E-state index is 12.2. The highest BCUT2D eigenvalue weighted by molar-refractivity contribution is 5.55. The first-order valence-corrected chi connectivity index (χ1v) is 11.6.